The van der Waals surface area contributed by atoms with Gasteiger partial charge in [0.1, 0.15) is 0 Å². The minimum atomic E-state index is 0. The lowest BCUT2D eigenvalue weighted by atomic mass is 10.0. The summed E-state index contributed by atoms with van der Waals surface area (Å²) >= 11 is 0. The molecule has 0 bridgehead atoms. The Bertz CT molecular complexity index is 282. The standard InChI is InChI=1S/2C18H38.C2H7N.ClH/c2*1-3-5-7-9-11-13-15-17-18-16-14-12-10-8-6-4-2;1-3-2;/h2*3-18H2,1-2H3;3H,1-2H3;1H. The molecule has 0 aromatic rings. The maximum atomic E-state index is 2.29. The van der Waals surface area contributed by atoms with Gasteiger partial charge < -0.3 is 17.7 Å². The predicted octanol–water partition coefficient (Wildman–Crippen LogP) is 10.3. The fraction of sp³-hybridized carbons (Fsp3) is 1.00. The zero-order valence-electron chi connectivity index (χ0n) is 29.6. The maximum Gasteiger partial charge on any atom is 0.0647 e. The molecule has 0 fully saturated rings. The zero-order chi connectivity index (χ0) is 29.3. The van der Waals surface area contributed by atoms with Gasteiger partial charge in [0.05, 0.1) is 14.1 Å². The average molecular weight is 591 g/mol. The van der Waals surface area contributed by atoms with Crippen molar-refractivity contribution < 1.29 is 17.7 Å². The molecule has 1 nitrogen and oxygen atoms in total. The van der Waals surface area contributed by atoms with E-state index >= 15 is 0 Å². The van der Waals surface area contributed by atoms with Crippen LogP contribution in [0.2, 0.25) is 0 Å². The van der Waals surface area contributed by atoms with Crippen LogP contribution < -0.4 is 17.7 Å². The van der Waals surface area contributed by atoms with Crippen molar-refractivity contribution in [2.24, 2.45) is 0 Å². The highest BCUT2D eigenvalue weighted by molar-refractivity contribution is 4.50. The number of nitrogens with two attached hydrogens (primary N) is 1. The molecule has 0 saturated carbocycles. The Balaban J connectivity index is -0.000000288. The lowest BCUT2D eigenvalue weighted by Gasteiger charge is -2.03. The molecule has 0 aliphatic heterocycles. The number of quaternary nitrogens is 1. The summed E-state index contributed by atoms with van der Waals surface area (Å²) in [7, 11) is 4.00. The number of halogens is 1. The van der Waals surface area contributed by atoms with Crippen LogP contribution in [0.5, 0.6) is 0 Å². The molecule has 40 heavy (non-hydrogen) atoms. The smallest absolute Gasteiger partial charge is 0.0647 e. The van der Waals surface area contributed by atoms with Gasteiger partial charge >= 0.3 is 0 Å². The van der Waals surface area contributed by atoms with E-state index in [-0.39, 0.29) is 12.4 Å². The maximum absolute atomic E-state index is 2.29. The Morgan fingerprint density at radius 3 is 0.375 bits per heavy atom. The Morgan fingerprint density at radius 1 is 0.225 bits per heavy atom. The highest BCUT2D eigenvalue weighted by Gasteiger charge is 1.95. The quantitative estimate of drug-likeness (QED) is 0.0802. The van der Waals surface area contributed by atoms with Gasteiger partial charge in [0, 0.05) is 0 Å². The molecule has 0 aliphatic carbocycles. The SMILES string of the molecule is CCCCCCCCCCCCCCCCCC.CCCCCCCCCCCCCCCCCC.C[NH2+]C.[Cl-]. The first-order chi connectivity index (χ1) is 19.2. The number of rotatable bonds is 30. The summed E-state index contributed by atoms with van der Waals surface area (Å²) in [5, 5.41) is 2.00. The fourth-order valence-electron chi connectivity index (χ4n) is 5.24. The molecular weight excluding hydrogens is 506 g/mol. The van der Waals surface area contributed by atoms with Crippen LogP contribution >= 0.6 is 0 Å². The number of unbranched alkanes of at least 4 members (excludes halogenated alkanes) is 30. The average Bonchev–Trinajstić information content (AvgIpc) is 2.94. The Kier molecular flexibility index (Phi) is 61.3. The van der Waals surface area contributed by atoms with Crippen LogP contribution in [0.3, 0.4) is 0 Å². The molecule has 0 atom stereocenters. The summed E-state index contributed by atoms with van der Waals surface area (Å²) < 4.78 is 0. The molecule has 0 aromatic carbocycles. The second-order valence-electron chi connectivity index (χ2n) is 12.5. The Morgan fingerprint density at radius 2 is 0.300 bits per heavy atom. The van der Waals surface area contributed by atoms with E-state index < -0.39 is 0 Å². The monoisotopic (exact) mass is 590 g/mol. The molecule has 2 heteroatoms. The lowest BCUT2D eigenvalue weighted by Crippen LogP contribution is -3.00. The van der Waals surface area contributed by atoms with Crippen LogP contribution in [0, 0.1) is 0 Å². The lowest BCUT2D eigenvalue weighted by molar-refractivity contribution is -0.597. The van der Waals surface area contributed by atoms with E-state index in [1.165, 1.54) is 205 Å². The largest absolute Gasteiger partial charge is 1.00 e. The van der Waals surface area contributed by atoms with Crippen molar-refractivity contribution >= 4 is 0 Å². The van der Waals surface area contributed by atoms with Crippen LogP contribution in [0.4, 0.5) is 0 Å². The van der Waals surface area contributed by atoms with Crippen LogP contribution in [-0.2, 0) is 0 Å². The molecule has 0 aromatic heterocycles. The Labute approximate surface area is 264 Å². The first-order valence-electron chi connectivity index (χ1n) is 19.0. The molecule has 0 amide bonds. The van der Waals surface area contributed by atoms with Crippen LogP contribution in [0.1, 0.15) is 233 Å². The van der Waals surface area contributed by atoms with E-state index in [2.05, 4.69) is 27.7 Å². The molecule has 0 aliphatic rings. The Hall–Kier alpha value is 0.250. The van der Waals surface area contributed by atoms with Crippen molar-refractivity contribution in [3.63, 3.8) is 0 Å². The van der Waals surface area contributed by atoms with E-state index in [9.17, 15) is 0 Å². The second kappa shape index (κ2) is 51.9. The molecule has 0 radical (unpaired) electrons. The summed E-state index contributed by atoms with van der Waals surface area (Å²) in [5.41, 5.74) is 0. The third kappa shape index (κ3) is 58.0. The molecule has 0 unspecified atom stereocenters. The predicted molar refractivity (Wildman–Crippen MR) is 184 cm³/mol. The van der Waals surface area contributed by atoms with Gasteiger partial charge in [-0.25, -0.2) is 0 Å². The molecule has 0 heterocycles. The van der Waals surface area contributed by atoms with E-state index in [0.29, 0.717) is 0 Å². The highest BCUT2D eigenvalue weighted by atomic mass is 35.5. The molecule has 248 valence electrons. The van der Waals surface area contributed by atoms with Crippen molar-refractivity contribution in [2.75, 3.05) is 14.1 Å². The van der Waals surface area contributed by atoms with Gasteiger partial charge in [-0.1, -0.05) is 233 Å². The molecule has 2 N–H and O–H groups in total. The first-order valence-corrected chi connectivity index (χ1v) is 19.0. The van der Waals surface area contributed by atoms with Gasteiger partial charge in [-0.05, 0) is 0 Å². The number of hydrogen-bond acceptors (Lipinski definition) is 0. The van der Waals surface area contributed by atoms with Crippen LogP contribution in [-0.4, -0.2) is 14.1 Å². The topological polar surface area (TPSA) is 16.6 Å². The van der Waals surface area contributed by atoms with E-state index in [1.807, 2.05) is 19.4 Å². The molecular formula is C38H84ClN. The van der Waals surface area contributed by atoms with Gasteiger partial charge in [-0.2, -0.15) is 0 Å². The van der Waals surface area contributed by atoms with Gasteiger partial charge in [0.25, 0.3) is 0 Å². The van der Waals surface area contributed by atoms with Gasteiger partial charge in [-0.3, -0.25) is 0 Å². The van der Waals surface area contributed by atoms with Crippen LogP contribution in [0.15, 0.2) is 0 Å². The molecule has 0 rings (SSSR count). The van der Waals surface area contributed by atoms with Crippen molar-refractivity contribution in [3.8, 4) is 0 Å². The van der Waals surface area contributed by atoms with Crippen molar-refractivity contribution in [2.45, 2.75) is 233 Å². The van der Waals surface area contributed by atoms with Crippen molar-refractivity contribution in [1.29, 1.82) is 0 Å². The van der Waals surface area contributed by atoms with E-state index in [0.717, 1.165) is 0 Å². The second-order valence-corrected chi connectivity index (χ2v) is 12.5. The van der Waals surface area contributed by atoms with Gasteiger partial charge in [-0.15, -0.1) is 0 Å². The molecule has 0 spiro atoms. The first kappa shape index (κ1) is 47.2. The number of hydrogen-bond donors (Lipinski definition) is 1. The van der Waals surface area contributed by atoms with Gasteiger partial charge in [0.15, 0.2) is 0 Å². The third-order valence-corrected chi connectivity index (χ3v) is 7.91. The minimum Gasteiger partial charge on any atom is -1.00 e. The normalized spacial score (nSPS) is 10.3. The van der Waals surface area contributed by atoms with Crippen molar-refractivity contribution in [1.82, 2.24) is 0 Å². The molecule has 0 saturated heterocycles. The fourth-order valence-corrected chi connectivity index (χ4v) is 5.24. The summed E-state index contributed by atoms with van der Waals surface area (Å²) in [5.74, 6) is 0. The van der Waals surface area contributed by atoms with E-state index in [1.54, 1.807) is 0 Å². The van der Waals surface area contributed by atoms with Gasteiger partial charge in [0.2, 0.25) is 0 Å². The summed E-state index contributed by atoms with van der Waals surface area (Å²) in [4.78, 5) is 0. The zero-order valence-corrected chi connectivity index (χ0v) is 30.3. The highest BCUT2D eigenvalue weighted by Crippen LogP contribution is 2.15. The summed E-state index contributed by atoms with van der Waals surface area (Å²) in [6.45, 7) is 9.18. The van der Waals surface area contributed by atoms with Crippen molar-refractivity contribution in [3.05, 3.63) is 0 Å². The summed E-state index contributed by atoms with van der Waals surface area (Å²) in [6.07, 6.45) is 46.8. The third-order valence-electron chi connectivity index (χ3n) is 7.91. The summed E-state index contributed by atoms with van der Waals surface area (Å²) in [6, 6.07) is 0. The minimum absolute atomic E-state index is 0. The van der Waals surface area contributed by atoms with E-state index in [4.69, 9.17) is 0 Å². The van der Waals surface area contributed by atoms with Crippen LogP contribution in [0.25, 0.3) is 0 Å².